The first-order valence-corrected chi connectivity index (χ1v) is 10.8. The van der Waals surface area contributed by atoms with Crippen LogP contribution in [-0.2, 0) is 14.4 Å². The molecule has 4 rings (SSSR count). The smallest absolute Gasteiger partial charge is 0.352 e. The molecule has 1 fully saturated rings. The van der Waals surface area contributed by atoms with Crippen LogP contribution in [0.25, 0.3) is 0 Å². The number of nitrogens with one attached hydrogen (secondary N) is 2. The summed E-state index contributed by atoms with van der Waals surface area (Å²) in [6.45, 7) is 1.79. The molecule has 0 saturated carbocycles. The third-order valence-corrected chi connectivity index (χ3v) is 7.09. The molecule has 15 heteroatoms. The first kappa shape index (κ1) is 21.0. The summed E-state index contributed by atoms with van der Waals surface area (Å²) in [7, 11) is 0. The number of furan rings is 1. The van der Waals surface area contributed by atoms with Gasteiger partial charge in [0.25, 0.3) is 11.8 Å². The summed E-state index contributed by atoms with van der Waals surface area (Å²) in [6.07, 6.45) is 1.30. The van der Waals surface area contributed by atoms with E-state index < -0.39 is 35.2 Å². The van der Waals surface area contributed by atoms with E-state index in [1.54, 1.807) is 6.92 Å². The van der Waals surface area contributed by atoms with E-state index in [0.29, 0.717) is 16.5 Å². The van der Waals surface area contributed by atoms with Crippen molar-refractivity contribution in [2.75, 3.05) is 5.75 Å². The number of tetrazole rings is 1. The number of amides is 2. The number of H-pyrrole nitrogens is 1. The molecule has 2 aliphatic heterocycles. The zero-order valence-corrected chi connectivity index (χ0v) is 17.4. The lowest BCUT2D eigenvalue weighted by atomic mass is 10.0. The molecule has 0 aromatic carbocycles. The van der Waals surface area contributed by atoms with Gasteiger partial charge >= 0.3 is 5.97 Å². The average molecular weight is 465 g/mol. The molecule has 4 atom stereocenters. The molecular weight excluding hydrogens is 450 g/mol. The minimum atomic E-state index is -1.44. The van der Waals surface area contributed by atoms with Crippen molar-refractivity contribution in [3.8, 4) is 0 Å². The summed E-state index contributed by atoms with van der Waals surface area (Å²) in [6, 6.07) is 0.512. The van der Waals surface area contributed by atoms with Crippen LogP contribution in [0.1, 0.15) is 18.7 Å². The number of nitroso groups, excluding NO2 is 1. The molecule has 0 bridgehead atoms. The normalized spacial score (nSPS) is 22.4. The SMILES string of the molecule is CC(Sc1nn[nH]n1)C1=C(C(=O)O)N2C(=O)[C@@H](NC(=O)C(N=O)c3ccco3)[C@@H]2SC1. The molecule has 0 radical (unpaired) electrons. The highest BCUT2D eigenvalue weighted by atomic mass is 32.2. The quantitative estimate of drug-likeness (QED) is 0.280. The second-order valence-corrected chi connectivity index (χ2v) is 8.97. The minimum absolute atomic E-state index is 0.0492. The van der Waals surface area contributed by atoms with E-state index in [9.17, 15) is 24.4 Å². The van der Waals surface area contributed by atoms with Crippen molar-refractivity contribution in [2.24, 2.45) is 5.18 Å². The summed E-state index contributed by atoms with van der Waals surface area (Å²) in [5.74, 6) is -2.25. The number of nitrogens with zero attached hydrogens (tertiary/aromatic N) is 5. The Morgan fingerprint density at radius 3 is 2.94 bits per heavy atom. The van der Waals surface area contributed by atoms with Crippen molar-refractivity contribution in [3.63, 3.8) is 0 Å². The number of fused-ring (bicyclic) bond motifs is 1. The number of carbonyl (C=O) groups excluding carboxylic acids is 2. The number of aliphatic carboxylic acids is 1. The predicted octanol–water partition coefficient (Wildman–Crippen LogP) is 0.520. The number of rotatable bonds is 8. The van der Waals surface area contributed by atoms with Crippen molar-refractivity contribution < 1.29 is 23.9 Å². The van der Waals surface area contributed by atoms with Gasteiger partial charge in [-0.3, -0.25) is 14.5 Å². The molecular formula is C16H15N7O6S2. The lowest BCUT2D eigenvalue weighted by Crippen LogP contribution is -2.71. The van der Waals surface area contributed by atoms with E-state index in [-0.39, 0.29) is 16.7 Å². The molecule has 3 N–H and O–H groups in total. The van der Waals surface area contributed by atoms with Gasteiger partial charge in [0.05, 0.1) is 6.26 Å². The topological polar surface area (TPSA) is 184 Å². The highest BCUT2D eigenvalue weighted by molar-refractivity contribution is 8.01. The summed E-state index contributed by atoms with van der Waals surface area (Å²) in [4.78, 5) is 49.4. The molecule has 13 nitrogen and oxygen atoms in total. The zero-order valence-electron chi connectivity index (χ0n) is 15.8. The van der Waals surface area contributed by atoms with Crippen molar-refractivity contribution in [2.45, 2.75) is 34.8 Å². The molecule has 0 spiro atoms. The van der Waals surface area contributed by atoms with Crippen LogP contribution < -0.4 is 5.32 Å². The van der Waals surface area contributed by atoms with Crippen molar-refractivity contribution in [3.05, 3.63) is 40.3 Å². The zero-order chi connectivity index (χ0) is 22.1. The maximum atomic E-state index is 12.8. The molecule has 4 heterocycles. The average Bonchev–Trinajstić information content (AvgIpc) is 3.45. The van der Waals surface area contributed by atoms with Crippen LogP contribution in [-0.4, -0.2) is 70.8 Å². The highest BCUT2D eigenvalue weighted by Crippen LogP contribution is 2.43. The second kappa shape index (κ2) is 8.50. The maximum Gasteiger partial charge on any atom is 0.352 e. The lowest BCUT2D eigenvalue weighted by Gasteiger charge is -2.50. The fourth-order valence-electron chi connectivity index (χ4n) is 3.29. The standard InChI is InChI=1S/C16H15N7O6S2/c1-6(31-16-18-21-22-19-16)7-5-30-14-10(13(25)23(14)11(7)15(26)27)17-12(24)9(20-28)8-3-2-4-29-8/h2-4,6,9-10,14H,5H2,1H3,(H,17,24)(H,26,27)(H,18,19,21,22)/t6?,9?,10-,14+/m1/s1. The molecule has 0 aliphatic carbocycles. The third-order valence-electron chi connectivity index (χ3n) is 4.76. The lowest BCUT2D eigenvalue weighted by molar-refractivity contribution is -0.150. The van der Waals surface area contributed by atoms with E-state index in [2.05, 4.69) is 31.1 Å². The number of β-lactam (4-membered cyclic amide) rings is 1. The number of carboxylic acids is 1. The van der Waals surface area contributed by atoms with Crippen molar-refractivity contribution in [1.29, 1.82) is 0 Å². The van der Waals surface area contributed by atoms with E-state index in [1.165, 1.54) is 41.9 Å². The Balaban J connectivity index is 1.51. The minimum Gasteiger partial charge on any atom is -0.477 e. The Morgan fingerprint density at radius 1 is 1.52 bits per heavy atom. The van der Waals surface area contributed by atoms with Crippen LogP contribution in [0, 0.1) is 4.91 Å². The third kappa shape index (κ3) is 3.81. The van der Waals surface area contributed by atoms with Crippen LogP contribution in [0.15, 0.2) is 44.4 Å². The van der Waals surface area contributed by atoms with Gasteiger partial charge in [0.15, 0.2) is 0 Å². The summed E-state index contributed by atoms with van der Waals surface area (Å²) in [5, 5.41) is 27.9. The van der Waals surface area contributed by atoms with Gasteiger partial charge < -0.3 is 14.8 Å². The molecule has 31 heavy (non-hydrogen) atoms. The van der Waals surface area contributed by atoms with Crippen molar-refractivity contribution in [1.82, 2.24) is 30.8 Å². The van der Waals surface area contributed by atoms with Crippen LogP contribution in [0.2, 0.25) is 0 Å². The summed E-state index contributed by atoms with van der Waals surface area (Å²) >= 11 is 2.52. The number of hydrogen-bond donors (Lipinski definition) is 3. The monoisotopic (exact) mass is 465 g/mol. The van der Waals surface area contributed by atoms with Gasteiger partial charge in [-0.1, -0.05) is 11.8 Å². The number of hydrogen-bond acceptors (Lipinski definition) is 11. The van der Waals surface area contributed by atoms with Crippen LogP contribution >= 0.6 is 23.5 Å². The first-order chi connectivity index (χ1) is 14.9. The second-order valence-electron chi connectivity index (χ2n) is 6.55. The first-order valence-electron chi connectivity index (χ1n) is 8.89. The predicted molar refractivity (Wildman–Crippen MR) is 106 cm³/mol. The largest absolute Gasteiger partial charge is 0.477 e. The Bertz CT molecular complexity index is 1040. The number of carboxylic acid groups (broad SMARTS) is 1. The fraction of sp³-hybridized carbons (Fsp3) is 0.375. The molecule has 2 aliphatic rings. The summed E-state index contributed by atoms with van der Waals surface area (Å²) < 4.78 is 5.05. The van der Waals surface area contributed by atoms with Gasteiger partial charge in [-0.2, -0.15) is 5.21 Å². The number of aromatic nitrogens is 4. The van der Waals surface area contributed by atoms with Crippen LogP contribution in [0.3, 0.4) is 0 Å². The number of carbonyl (C=O) groups is 3. The Kier molecular flexibility index (Phi) is 5.77. The Labute approximate surface area is 182 Å². The molecule has 2 aromatic heterocycles. The summed E-state index contributed by atoms with van der Waals surface area (Å²) in [5.41, 5.74) is 0.406. The van der Waals surface area contributed by atoms with Gasteiger partial charge in [0.2, 0.25) is 11.2 Å². The van der Waals surface area contributed by atoms with E-state index >= 15 is 0 Å². The Morgan fingerprint density at radius 2 is 2.32 bits per heavy atom. The molecule has 2 amide bonds. The van der Waals surface area contributed by atoms with Gasteiger partial charge in [-0.05, 0) is 35.0 Å². The fourth-order valence-corrected chi connectivity index (χ4v) is 5.71. The van der Waals surface area contributed by atoms with Gasteiger partial charge in [-0.25, -0.2) is 4.79 Å². The van der Waals surface area contributed by atoms with E-state index in [1.807, 2.05) is 0 Å². The van der Waals surface area contributed by atoms with E-state index in [0.717, 1.165) is 4.90 Å². The van der Waals surface area contributed by atoms with Gasteiger partial charge in [0.1, 0.15) is 22.9 Å². The number of thioether (sulfide) groups is 2. The highest BCUT2D eigenvalue weighted by Gasteiger charge is 2.55. The molecule has 162 valence electrons. The van der Waals surface area contributed by atoms with E-state index in [4.69, 9.17) is 4.42 Å². The Hall–Kier alpha value is -3.20. The van der Waals surface area contributed by atoms with Crippen LogP contribution in [0.5, 0.6) is 0 Å². The molecule has 2 aromatic rings. The van der Waals surface area contributed by atoms with Gasteiger partial charge in [0, 0.05) is 11.0 Å². The van der Waals surface area contributed by atoms with Crippen molar-refractivity contribution >= 4 is 41.3 Å². The maximum absolute atomic E-state index is 12.8. The van der Waals surface area contributed by atoms with Gasteiger partial charge in [-0.15, -0.1) is 26.9 Å². The van der Waals surface area contributed by atoms with Crippen LogP contribution in [0.4, 0.5) is 0 Å². The number of aromatic amines is 1. The molecule has 2 unspecified atom stereocenters. The molecule has 1 saturated heterocycles.